The van der Waals surface area contributed by atoms with Crippen molar-refractivity contribution in [3.8, 4) is 0 Å². The second-order valence-electron chi connectivity index (χ2n) is 5.94. The normalized spacial score (nSPS) is 16.0. The van der Waals surface area contributed by atoms with Crippen LogP contribution in [0.4, 0.5) is 5.69 Å². The number of aryl methyl sites for hydroxylation is 1. The van der Waals surface area contributed by atoms with E-state index in [2.05, 4.69) is 52.8 Å². The van der Waals surface area contributed by atoms with Crippen LogP contribution in [0.15, 0.2) is 36.4 Å². The molecule has 21 heavy (non-hydrogen) atoms. The Kier molecular flexibility index (Phi) is 3.10. The van der Waals surface area contributed by atoms with Crippen molar-refractivity contribution in [2.24, 2.45) is 0 Å². The molecule has 2 aromatic carbocycles. The van der Waals surface area contributed by atoms with Crippen molar-refractivity contribution in [2.75, 3.05) is 18.0 Å². The maximum Gasteiger partial charge on any atom is 0.0492 e. The third kappa shape index (κ3) is 2.01. The fraction of sp³-hybridized carbons (Fsp3) is 0.368. The quantitative estimate of drug-likeness (QED) is 0.664. The average Bonchev–Trinajstić information content (AvgIpc) is 2.88. The van der Waals surface area contributed by atoms with Crippen LogP contribution in [0.3, 0.4) is 0 Å². The molecule has 2 heteroatoms. The molecule has 2 heterocycles. The van der Waals surface area contributed by atoms with Crippen molar-refractivity contribution in [1.29, 1.82) is 0 Å². The number of rotatable bonds is 2. The molecule has 0 N–H and O–H groups in total. The van der Waals surface area contributed by atoms with Crippen LogP contribution in [-0.2, 0) is 6.54 Å². The minimum Gasteiger partial charge on any atom is -0.372 e. The van der Waals surface area contributed by atoms with E-state index in [1.165, 1.54) is 59.8 Å². The Morgan fingerprint density at radius 1 is 1.00 bits per heavy atom. The molecule has 0 saturated carbocycles. The number of piperidine rings is 1. The lowest BCUT2D eigenvalue weighted by Gasteiger charge is -2.28. The fourth-order valence-corrected chi connectivity index (χ4v) is 3.67. The van der Waals surface area contributed by atoms with Crippen LogP contribution in [0.5, 0.6) is 0 Å². The molecule has 0 aliphatic carbocycles. The Morgan fingerprint density at radius 2 is 1.81 bits per heavy atom. The third-order valence-electron chi connectivity index (χ3n) is 4.73. The molecule has 0 bridgehead atoms. The second-order valence-corrected chi connectivity index (χ2v) is 5.94. The van der Waals surface area contributed by atoms with Gasteiger partial charge in [-0.2, -0.15) is 0 Å². The van der Waals surface area contributed by atoms with Crippen LogP contribution >= 0.6 is 0 Å². The zero-order chi connectivity index (χ0) is 14.2. The molecule has 2 nitrogen and oxygen atoms in total. The number of benzene rings is 2. The van der Waals surface area contributed by atoms with Crippen LogP contribution in [0.1, 0.15) is 26.2 Å². The van der Waals surface area contributed by atoms with E-state index in [0.29, 0.717) is 0 Å². The first-order valence-electron chi connectivity index (χ1n) is 8.05. The fourth-order valence-electron chi connectivity index (χ4n) is 3.67. The molecule has 1 aliphatic heterocycles. The van der Waals surface area contributed by atoms with Crippen molar-refractivity contribution < 1.29 is 0 Å². The number of nitrogens with zero attached hydrogens (tertiary/aromatic N) is 2. The third-order valence-corrected chi connectivity index (χ3v) is 4.73. The molecular weight excluding hydrogens is 256 g/mol. The van der Waals surface area contributed by atoms with E-state index in [-0.39, 0.29) is 0 Å². The summed E-state index contributed by atoms with van der Waals surface area (Å²) in [6, 6.07) is 16.5. The first-order chi connectivity index (χ1) is 10.4. The van der Waals surface area contributed by atoms with Gasteiger partial charge in [0, 0.05) is 47.1 Å². The minimum atomic E-state index is 1.01. The summed E-state index contributed by atoms with van der Waals surface area (Å²) < 4.78 is 2.40. The maximum absolute atomic E-state index is 3.24. The van der Waals surface area contributed by atoms with Crippen LogP contribution in [-0.4, -0.2) is 17.7 Å². The van der Waals surface area contributed by atoms with Gasteiger partial charge >= 0.3 is 0 Å². The van der Waals surface area contributed by atoms with Gasteiger partial charge in [0.1, 0.15) is 0 Å². The van der Waals surface area contributed by atoms with E-state index >= 15 is 0 Å². The molecule has 0 amide bonds. The number of fused-ring (bicyclic) bond motifs is 3. The van der Waals surface area contributed by atoms with Crippen molar-refractivity contribution in [1.82, 2.24) is 4.57 Å². The van der Waals surface area contributed by atoms with Crippen LogP contribution in [0.25, 0.3) is 21.8 Å². The summed E-state index contributed by atoms with van der Waals surface area (Å²) in [5, 5.41) is 2.69. The topological polar surface area (TPSA) is 8.17 Å². The van der Waals surface area contributed by atoms with Gasteiger partial charge in [-0.1, -0.05) is 6.07 Å². The number of anilines is 1. The molecule has 0 unspecified atom stereocenters. The van der Waals surface area contributed by atoms with Gasteiger partial charge in [-0.25, -0.2) is 0 Å². The van der Waals surface area contributed by atoms with Gasteiger partial charge in [-0.3, -0.25) is 0 Å². The molecular formula is C19H21N2. The molecule has 1 aliphatic rings. The Balaban J connectivity index is 1.92. The predicted octanol–water partition coefficient (Wildman–Crippen LogP) is 4.60. The Hall–Kier alpha value is -1.96. The van der Waals surface area contributed by atoms with E-state index < -0.39 is 0 Å². The minimum absolute atomic E-state index is 1.01. The van der Waals surface area contributed by atoms with E-state index in [1.807, 2.05) is 6.07 Å². The highest BCUT2D eigenvalue weighted by Gasteiger charge is 2.14. The monoisotopic (exact) mass is 277 g/mol. The van der Waals surface area contributed by atoms with Crippen LogP contribution in [0.2, 0.25) is 0 Å². The Morgan fingerprint density at radius 3 is 2.62 bits per heavy atom. The van der Waals surface area contributed by atoms with Crippen molar-refractivity contribution in [3.05, 3.63) is 42.5 Å². The Labute approximate surface area is 126 Å². The summed E-state index contributed by atoms with van der Waals surface area (Å²) in [5.41, 5.74) is 4.04. The number of hydrogen-bond donors (Lipinski definition) is 0. The molecule has 1 saturated heterocycles. The SMILES string of the molecule is CCn1c2cc[c]cc2c2cc(N3CCCCC3)ccc21. The zero-order valence-corrected chi connectivity index (χ0v) is 12.6. The lowest BCUT2D eigenvalue weighted by atomic mass is 10.1. The maximum atomic E-state index is 3.24. The standard InChI is InChI=1S/C19H21N2/c1-2-21-18-9-5-4-8-16(18)17-14-15(10-11-19(17)21)20-12-6-3-7-13-20/h5,8-11,14H,2-3,6-7,12-13H2,1H3. The predicted molar refractivity (Wildman–Crippen MR) is 90.0 cm³/mol. The first-order valence-corrected chi connectivity index (χ1v) is 8.05. The number of hydrogen-bond acceptors (Lipinski definition) is 1. The summed E-state index contributed by atoms with van der Waals surface area (Å²) in [6.07, 6.45) is 4.02. The van der Waals surface area contributed by atoms with Crippen molar-refractivity contribution >= 4 is 27.5 Å². The van der Waals surface area contributed by atoms with Crippen molar-refractivity contribution in [3.63, 3.8) is 0 Å². The zero-order valence-electron chi connectivity index (χ0n) is 12.6. The van der Waals surface area contributed by atoms with E-state index in [0.717, 1.165) is 6.54 Å². The van der Waals surface area contributed by atoms with Gasteiger partial charge in [0.05, 0.1) is 0 Å². The second kappa shape index (κ2) is 5.10. The van der Waals surface area contributed by atoms with E-state index in [9.17, 15) is 0 Å². The Bertz CT molecular complexity index is 779. The van der Waals surface area contributed by atoms with E-state index in [4.69, 9.17) is 0 Å². The molecule has 107 valence electrons. The molecule has 1 aromatic heterocycles. The molecule has 1 fully saturated rings. The summed E-state index contributed by atoms with van der Waals surface area (Å²) in [5.74, 6) is 0. The smallest absolute Gasteiger partial charge is 0.0492 e. The highest BCUT2D eigenvalue weighted by molar-refractivity contribution is 6.09. The molecule has 0 spiro atoms. The highest BCUT2D eigenvalue weighted by atomic mass is 15.1. The molecule has 3 aromatic rings. The molecule has 4 rings (SSSR count). The van der Waals surface area contributed by atoms with Gasteiger partial charge in [0.25, 0.3) is 0 Å². The van der Waals surface area contributed by atoms with E-state index in [1.54, 1.807) is 0 Å². The first kappa shape index (κ1) is 12.8. The summed E-state index contributed by atoms with van der Waals surface area (Å²) >= 11 is 0. The lowest BCUT2D eigenvalue weighted by molar-refractivity contribution is 0.578. The summed E-state index contributed by atoms with van der Waals surface area (Å²) in [4.78, 5) is 2.53. The van der Waals surface area contributed by atoms with Gasteiger partial charge in [-0.15, -0.1) is 0 Å². The molecule has 1 radical (unpaired) electrons. The van der Waals surface area contributed by atoms with Crippen LogP contribution in [0, 0.1) is 6.07 Å². The summed E-state index contributed by atoms with van der Waals surface area (Å²) in [6.45, 7) is 5.62. The largest absolute Gasteiger partial charge is 0.372 e. The highest BCUT2D eigenvalue weighted by Crippen LogP contribution is 2.32. The average molecular weight is 277 g/mol. The van der Waals surface area contributed by atoms with Gasteiger partial charge in [-0.05, 0) is 62.6 Å². The summed E-state index contributed by atoms with van der Waals surface area (Å²) in [7, 11) is 0. The molecule has 0 atom stereocenters. The van der Waals surface area contributed by atoms with Gasteiger partial charge < -0.3 is 9.47 Å². The lowest BCUT2D eigenvalue weighted by Crippen LogP contribution is -2.29. The number of aromatic nitrogens is 1. The van der Waals surface area contributed by atoms with Gasteiger partial charge in [0.2, 0.25) is 0 Å². The van der Waals surface area contributed by atoms with Gasteiger partial charge in [0.15, 0.2) is 0 Å². The van der Waals surface area contributed by atoms with Crippen molar-refractivity contribution in [2.45, 2.75) is 32.7 Å². The van der Waals surface area contributed by atoms with Crippen LogP contribution < -0.4 is 4.90 Å².